The summed E-state index contributed by atoms with van der Waals surface area (Å²) in [6, 6.07) is 1.89. The van der Waals surface area contributed by atoms with Crippen molar-refractivity contribution in [3.05, 3.63) is 23.5 Å². The highest BCUT2D eigenvalue weighted by Crippen LogP contribution is 2.41. The van der Waals surface area contributed by atoms with Crippen molar-refractivity contribution in [1.82, 2.24) is 0 Å². The number of unbranched alkanes of at least 4 members (excludes halogenated alkanes) is 1. The quantitative estimate of drug-likeness (QED) is 0.270. The molecule has 28 heavy (non-hydrogen) atoms. The van der Waals surface area contributed by atoms with Crippen molar-refractivity contribution in [2.45, 2.75) is 52.0 Å². The summed E-state index contributed by atoms with van der Waals surface area (Å²) in [5.41, 5.74) is -1.59. The van der Waals surface area contributed by atoms with Gasteiger partial charge in [-0.3, -0.25) is 4.79 Å². The van der Waals surface area contributed by atoms with E-state index in [4.69, 9.17) is 18.9 Å². The molecule has 2 atom stereocenters. The Morgan fingerprint density at radius 1 is 1.21 bits per heavy atom. The highest BCUT2D eigenvalue weighted by atomic mass is 19.4. The van der Waals surface area contributed by atoms with Crippen LogP contribution in [0.15, 0.2) is 12.1 Å². The monoisotopic (exact) mass is 408 g/mol. The van der Waals surface area contributed by atoms with Gasteiger partial charge in [0, 0.05) is 6.61 Å². The fourth-order valence-electron chi connectivity index (χ4n) is 2.75. The molecule has 0 aromatic heterocycles. The number of hydrogen-bond acceptors (Lipinski definition) is 5. The van der Waals surface area contributed by atoms with Gasteiger partial charge in [0.25, 0.3) is 0 Å². The van der Waals surface area contributed by atoms with Crippen LogP contribution in [0.25, 0.3) is 0 Å². The van der Waals surface area contributed by atoms with Crippen molar-refractivity contribution < 1.29 is 41.3 Å². The molecule has 158 valence electrons. The summed E-state index contributed by atoms with van der Waals surface area (Å²) in [4.78, 5) is 12.2. The summed E-state index contributed by atoms with van der Waals surface area (Å²) < 4.78 is 74.6. The molecule has 0 saturated carbocycles. The highest BCUT2D eigenvalue weighted by molar-refractivity contribution is 5.75. The van der Waals surface area contributed by atoms with Gasteiger partial charge in [0.05, 0.1) is 19.1 Å². The van der Waals surface area contributed by atoms with Crippen LogP contribution in [0.4, 0.5) is 17.6 Å². The first-order valence-electron chi connectivity index (χ1n) is 9.25. The Morgan fingerprint density at radius 2 is 1.93 bits per heavy atom. The minimum atomic E-state index is -4.99. The van der Waals surface area contributed by atoms with Crippen LogP contribution in [-0.2, 0) is 20.4 Å². The van der Waals surface area contributed by atoms with Crippen molar-refractivity contribution in [3.63, 3.8) is 0 Å². The molecule has 1 aliphatic rings. The molecular weight excluding hydrogens is 384 g/mol. The zero-order valence-corrected chi connectivity index (χ0v) is 15.8. The van der Waals surface area contributed by atoms with E-state index < -0.39 is 47.2 Å². The van der Waals surface area contributed by atoms with Gasteiger partial charge in [0.15, 0.2) is 17.9 Å². The van der Waals surface area contributed by atoms with E-state index in [2.05, 4.69) is 0 Å². The number of alkyl halides is 3. The van der Waals surface area contributed by atoms with Crippen LogP contribution >= 0.6 is 0 Å². The molecule has 1 aliphatic heterocycles. The number of hydrogen-bond donors (Lipinski definition) is 0. The van der Waals surface area contributed by atoms with Crippen molar-refractivity contribution in [3.8, 4) is 11.5 Å². The molecule has 9 heteroatoms. The molecule has 1 aromatic carbocycles. The summed E-state index contributed by atoms with van der Waals surface area (Å²) >= 11 is 0. The van der Waals surface area contributed by atoms with E-state index >= 15 is 0 Å². The van der Waals surface area contributed by atoms with E-state index in [0.717, 1.165) is 25.0 Å². The van der Waals surface area contributed by atoms with Gasteiger partial charge in [-0.25, -0.2) is 4.39 Å². The third-order valence-electron chi connectivity index (χ3n) is 4.23. The maximum Gasteiger partial charge on any atom is 0.422 e. The van der Waals surface area contributed by atoms with Gasteiger partial charge in [0.1, 0.15) is 11.3 Å². The van der Waals surface area contributed by atoms with E-state index in [9.17, 15) is 22.4 Å². The third kappa shape index (κ3) is 5.81. The summed E-state index contributed by atoms with van der Waals surface area (Å²) in [6.07, 6.45) is -2.72. The van der Waals surface area contributed by atoms with Crippen LogP contribution in [0, 0.1) is 11.7 Å². The largest absolute Gasteiger partial charge is 0.493 e. The lowest BCUT2D eigenvalue weighted by Gasteiger charge is -2.27. The Labute approximate surface area is 160 Å². The van der Waals surface area contributed by atoms with E-state index in [1.54, 1.807) is 0 Å². The molecule has 0 radical (unpaired) electrons. The van der Waals surface area contributed by atoms with Gasteiger partial charge in [-0.1, -0.05) is 13.3 Å². The van der Waals surface area contributed by atoms with Gasteiger partial charge in [-0.05, 0) is 38.3 Å². The van der Waals surface area contributed by atoms with Gasteiger partial charge in [-0.15, -0.1) is 0 Å². The summed E-state index contributed by atoms with van der Waals surface area (Å²) in [5, 5.41) is 0. The second-order valence-electron chi connectivity index (χ2n) is 6.36. The van der Waals surface area contributed by atoms with Crippen LogP contribution in [0.2, 0.25) is 0 Å². The average molecular weight is 408 g/mol. The molecule has 1 heterocycles. The van der Waals surface area contributed by atoms with E-state index in [-0.39, 0.29) is 13.2 Å². The van der Waals surface area contributed by atoms with Crippen LogP contribution in [0.5, 0.6) is 11.5 Å². The first kappa shape index (κ1) is 22.4. The minimum Gasteiger partial charge on any atom is -0.493 e. The zero-order valence-electron chi connectivity index (χ0n) is 15.8. The maximum absolute atomic E-state index is 14.4. The number of halogens is 4. The van der Waals surface area contributed by atoms with Crippen LogP contribution in [0.3, 0.4) is 0 Å². The number of ether oxygens (including phenoxy) is 4. The van der Waals surface area contributed by atoms with Crippen LogP contribution in [-0.4, -0.2) is 32.1 Å². The highest BCUT2D eigenvalue weighted by Gasteiger charge is 2.40. The predicted molar refractivity (Wildman–Crippen MR) is 91.5 cm³/mol. The molecule has 5 nitrogen and oxygen atoms in total. The van der Waals surface area contributed by atoms with E-state index in [1.165, 1.54) is 6.92 Å². The Hall–Kier alpha value is -1.87. The molecule has 2 rings (SSSR count). The molecule has 0 bridgehead atoms. The second kappa shape index (κ2) is 10.1. The van der Waals surface area contributed by atoms with Crippen molar-refractivity contribution in [1.29, 1.82) is 0 Å². The average Bonchev–Trinajstić information content (AvgIpc) is 2.64. The normalized spacial score (nSPS) is 20.1. The molecular formula is C19H24F4O5. The van der Waals surface area contributed by atoms with Crippen LogP contribution < -0.4 is 9.47 Å². The fourth-order valence-corrected chi connectivity index (χ4v) is 2.75. The lowest BCUT2D eigenvalue weighted by Crippen LogP contribution is -2.34. The number of carbonyl (C=O) groups excluding carboxylic acids is 1. The van der Waals surface area contributed by atoms with Crippen molar-refractivity contribution in [2.24, 2.45) is 5.92 Å². The SMILES string of the molecule is CCCCOC1CCC(C(=O)Oc2ccc(OCC)c(C(F)(F)F)c2F)CO1. The molecule has 0 spiro atoms. The smallest absolute Gasteiger partial charge is 0.422 e. The molecule has 1 saturated heterocycles. The fraction of sp³-hybridized carbons (Fsp3) is 0.632. The first-order chi connectivity index (χ1) is 13.3. The van der Waals surface area contributed by atoms with Crippen LogP contribution in [0.1, 0.15) is 45.1 Å². The number of benzene rings is 1. The van der Waals surface area contributed by atoms with Crippen molar-refractivity contribution >= 4 is 5.97 Å². The van der Waals surface area contributed by atoms with Gasteiger partial charge in [-0.2, -0.15) is 13.2 Å². The summed E-state index contributed by atoms with van der Waals surface area (Å²) in [7, 11) is 0. The number of carbonyl (C=O) groups is 1. The van der Waals surface area contributed by atoms with E-state index in [1.807, 2.05) is 6.92 Å². The number of esters is 1. The van der Waals surface area contributed by atoms with E-state index in [0.29, 0.717) is 19.4 Å². The molecule has 1 fully saturated rings. The van der Waals surface area contributed by atoms with Crippen molar-refractivity contribution in [2.75, 3.05) is 19.8 Å². The molecule has 0 aliphatic carbocycles. The number of rotatable bonds is 8. The second-order valence-corrected chi connectivity index (χ2v) is 6.36. The topological polar surface area (TPSA) is 54.0 Å². The molecule has 2 unspecified atom stereocenters. The summed E-state index contributed by atoms with van der Waals surface area (Å²) in [5.74, 6) is -4.67. The van der Waals surface area contributed by atoms with Gasteiger partial charge >= 0.3 is 12.1 Å². The Balaban J connectivity index is 2.03. The van der Waals surface area contributed by atoms with Gasteiger partial charge < -0.3 is 18.9 Å². The lowest BCUT2D eigenvalue weighted by molar-refractivity contribution is -0.183. The zero-order chi connectivity index (χ0) is 20.7. The summed E-state index contributed by atoms with van der Waals surface area (Å²) in [6.45, 7) is 3.99. The third-order valence-corrected chi connectivity index (χ3v) is 4.23. The molecule has 0 amide bonds. The standard InChI is InChI=1S/C19H24F4O5/c1-3-5-10-26-15-9-6-12(11-27-15)18(24)28-14-8-7-13(25-4-2)16(17(14)20)19(21,22)23/h7-8,12,15H,3-6,9-11H2,1-2H3. The predicted octanol–water partition coefficient (Wildman–Crippen LogP) is 4.72. The lowest BCUT2D eigenvalue weighted by atomic mass is 10.0. The maximum atomic E-state index is 14.4. The molecule has 1 aromatic rings. The Bertz CT molecular complexity index is 654. The minimum absolute atomic E-state index is 0.000398. The Kier molecular flexibility index (Phi) is 8.06. The van der Waals surface area contributed by atoms with Gasteiger partial charge in [0.2, 0.25) is 0 Å². The first-order valence-corrected chi connectivity index (χ1v) is 9.25. The molecule has 0 N–H and O–H groups in total. The Morgan fingerprint density at radius 3 is 2.50 bits per heavy atom.